The van der Waals surface area contributed by atoms with E-state index in [4.69, 9.17) is 4.74 Å². The molecule has 4 rings (SSSR count). The molecule has 0 aromatic heterocycles. The number of hydrogen-bond donors (Lipinski definition) is 2. The number of sulfonamides is 1. The molecule has 2 saturated heterocycles. The van der Waals surface area contributed by atoms with E-state index in [0.29, 0.717) is 29.9 Å². The smallest absolute Gasteiger partial charge is 0.243 e. The van der Waals surface area contributed by atoms with Crippen LogP contribution in [0.1, 0.15) is 30.9 Å². The van der Waals surface area contributed by atoms with Gasteiger partial charge in [-0.2, -0.15) is 4.31 Å². The van der Waals surface area contributed by atoms with Crippen LogP contribution in [-0.4, -0.2) is 39.0 Å². The molecule has 2 unspecified atom stereocenters. The van der Waals surface area contributed by atoms with Gasteiger partial charge in [0.2, 0.25) is 10.0 Å². The first kappa shape index (κ1) is 19.4. The first-order chi connectivity index (χ1) is 13.6. The Balaban J connectivity index is 1.36. The topological polar surface area (TPSA) is 70.7 Å². The molecule has 2 aliphatic heterocycles. The van der Waals surface area contributed by atoms with Gasteiger partial charge < -0.3 is 4.74 Å². The highest BCUT2D eigenvalue weighted by molar-refractivity contribution is 7.89. The standard InChI is InChI=1S/C21H27N3O3S/c1-27-18-7-5-6-17(14-18)21-15-20(22-23-21)16-10-12-24(13-11-16)28(25,26)19-8-3-2-4-9-19/h2-9,14,16,20-23H,10-13,15H2,1H3. The van der Waals surface area contributed by atoms with Crippen LogP contribution in [0.25, 0.3) is 0 Å². The van der Waals surface area contributed by atoms with Crippen molar-refractivity contribution in [3.05, 3.63) is 60.2 Å². The molecule has 2 aromatic rings. The van der Waals surface area contributed by atoms with Crippen molar-refractivity contribution in [1.29, 1.82) is 0 Å². The summed E-state index contributed by atoms with van der Waals surface area (Å²) in [4.78, 5) is 0.382. The lowest BCUT2D eigenvalue weighted by molar-refractivity contribution is 0.230. The number of rotatable bonds is 5. The van der Waals surface area contributed by atoms with E-state index in [1.54, 1.807) is 35.7 Å². The van der Waals surface area contributed by atoms with Crippen LogP contribution in [0.5, 0.6) is 5.75 Å². The molecule has 2 atom stereocenters. The van der Waals surface area contributed by atoms with Gasteiger partial charge in [0.25, 0.3) is 0 Å². The van der Waals surface area contributed by atoms with Gasteiger partial charge in [-0.25, -0.2) is 8.42 Å². The van der Waals surface area contributed by atoms with E-state index in [0.717, 1.165) is 25.0 Å². The summed E-state index contributed by atoms with van der Waals surface area (Å²) in [6, 6.07) is 17.4. The first-order valence-electron chi connectivity index (χ1n) is 9.78. The number of hydrogen-bond acceptors (Lipinski definition) is 5. The first-order valence-corrected chi connectivity index (χ1v) is 11.2. The Morgan fingerprint density at radius 3 is 2.46 bits per heavy atom. The zero-order chi connectivity index (χ0) is 19.6. The third kappa shape index (κ3) is 3.93. The van der Waals surface area contributed by atoms with Gasteiger partial charge >= 0.3 is 0 Å². The second-order valence-electron chi connectivity index (χ2n) is 7.51. The number of piperidine rings is 1. The highest BCUT2D eigenvalue weighted by atomic mass is 32.2. The number of benzene rings is 2. The second kappa shape index (κ2) is 8.21. The predicted octanol–water partition coefficient (Wildman–Crippen LogP) is 2.70. The third-order valence-electron chi connectivity index (χ3n) is 5.88. The van der Waals surface area contributed by atoms with Gasteiger partial charge in [0.1, 0.15) is 5.75 Å². The minimum Gasteiger partial charge on any atom is -0.497 e. The number of nitrogens with zero attached hydrogens (tertiary/aromatic N) is 1. The molecule has 28 heavy (non-hydrogen) atoms. The van der Waals surface area contributed by atoms with Gasteiger partial charge in [-0.05, 0) is 55.0 Å². The minimum absolute atomic E-state index is 0.242. The summed E-state index contributed by atoms with van der Waals surface area (Å²) in [5.41, 5.74) is 8.05. The molecule has 2 fully saturated rings. The van der Waals surface area contributed by atoms with Gasteiger partial charge in [0, 0.05) is 25.2 Å². The zero-order valence-electron chi connectivity index (χ0n) is 16.0. The van der Waals surface area contributed by atoms with Gasteiger partial charge in [-0.15, -0.1) is 0 Å². The van der Waals surface area contributed by atoms with Crippen molar-refractivity contribution >= 4 is 10.0 Å². The summed E-state index contributed by atoms with van der Waals surface area (Å²) in [6.07, 6.45) is 2.73. The van der Waals surface area contributed by atoms with Crippen molar-refractivity contribution < 1.29 is 13.2 Å². The van der Waals surface area contributed by atoms with E-state index < -0.39 is 10.0 Å². The Kier molecular flexibility index (Phi) is 5.68. The van der Waals surface area contributed by atoms with Crippen molar-refractivity contribution in [3.8, 4) is 5.75 Å². The van der Waals surface area contributed by atoms with Gasteiger partial charge in [-0.1, -0.05) is 30.3 Å². The minimum atomic E-state index is -3.39. The Morgan fingerprint density at radius 2 is 1.75 bits per heavy atom. The van der Waals surface area contributed by atoms with Gasteiger partial charge in [0.05, 0.1) is 12.0 Å². The fourth-order valence-corrected chi connectivity index (χ4v) is 5.72. The molecule has 0 aliphatic carbocycles. The van der Waals surface area contributed by atoms with Crippen LogP contribution in [0.15, 0.2) is 59.5 Å². The largest absolute Gasteiger partial charge is 0.497 e. The third-order valence-corrected chi connectivity index (χ3v) is 7.79. The van der Waals surface area contributed by atoms with Crippen LogP contribution in [0.3, 0.4) is 0 Å². The summed E-state index contributed by atoms with van der Waals surface area (Å²) in [7, 11) is -1.71. The molecule has 2 N–H and O–H groups in total. The van der Waals surface area contributed by atoms with Crippen LogP contribution in [-0.2, 0) is 10.0 Å². The quantitative estimate of drug-likeness (QED) is 0.806. The normalized spacial score (nSPS) is 24.3. The predicted molar refractivity (Wildman–Crippen MR) is 108 cm³/mol. The van der Waals surface area contributed by atoms with Gasteiger partial charge in [0.15, 0.2) is 0 Å². The summed E-state index contributed by atoms with van der Waals surface area (Å²) >= 11 is 0. The lowest BCUT2D eigenvalue weighted by Crippen LogP contribution is -2.44. The van der Waals surface area contributed by atoms with Crippen molar-refractivity contribution in [3.63, 3.8) is 0 Å². The van der Waals surface area contributed by atoms with E-state index in [9.17, 15) is 8.42 Å². The fourth-order valence-electron chi connectivity index (χ4n) is 4.23. The molecule has 0 saturated carbocycles. The molecule has 0 amide bonds. The van der Waals surface area contributed by atoms with Crippen LogP contribution >= 0.6 is 0 Å². The van der Waals surface area contributed by atoms with Crippen LogP contribution in [0.2, 0.25) is 0 Å². The Morgan fingerprint density at radius 1 is 1.00 bits per heavy atom. The maximum Gasteiger partial charge on any atom is 0.243 e. The van der Waals surface area contributed by atoms with Crippen molar-refractivity contribution in [1.82, 2.24) is 15.2 Å². The molecule has 2 heterocycles. The van der Waals surface area contributed by atoms with Crippen LogP contribution in [0, 0.1) is 5.92 Å². The number of methoxy groups -OCH3 is 1. The highest BCUT2D eigenvalue weighted by Gasteiger charge is 2.36. The van der Waals surface area contributed by atoms with Crippen molar-refractivity contribution in [2.75, 3.05) is 20.2 Å². The fraction of sp³-hybridized carbons (Fsp3) is 0.429. The zero-order valence-corrected chi connectivity index (χ0v) is 16.9. The molecular formula is C21H27N3O3S. The highest BCUT2D eigenvalue weighted by Crippen LogP contribution is 2.33. The summed E-state index contributed by atoms with van der Waals surface area (Å²) in [5, 5.41) is 0. The molecule has 0 bridgehead atoms. The Hall–Kier alpha value is -1.93. The number of ether oxygens (including phenoxy) is 1. The Labute approximate surface area is 166 Å². The number of hydrazine groups is 1. The van der Waals surface area contributed by atoms with E-state index in [1.165, 1.54) is 5.56 Å². The van der Waals surface area contributed by atoms with Crippen LogP contribution < -0.4 is 15.6 Å². The van der Waals surface area contributed by atoms with E-state index in [-0.39, 0.29) is 6.04 Å². The lowest BCUT2D eigenvalue weighted by atomic mass is 9.87. The molecule has 150 valence electrons. The van der Waals surface area contributed by atoms with Gasteiger partial charge in [-0.3, -0.25) is 10.9 Å². The van der Waals surface area contributed by atoms with Crippen molar-refractivity contribution in [2.24, 2.45) is 5.92 Å². The van der Waals surface area contributed by atoms with E-state index in [1.807, 2.05) is 18.2 Å². The molecular weight excluding hydrogens is 374 g/mol. The molecule has 7 heteroatoms. The summed E-state index contributed by atoms with van der Waals surface area (Å²) in [6.45, 7) is 1.15. The Bertz CT molecular complexity index is 896. The lowest BCUT2D eigenvalue weighted by Gasteiger charge is -2.33. The molecule has 0 radical (unpaired) electrons. The summed E-state index contributed by atoms with van der Waals surface area (Å²) < 4.78 is 32.6. The monoisotopic (exact) mass is 401 g/mol. The maximum absolute atomic E-state index is 12.8. The second-order valence-corrected chi connectivity index (χ2v) is 9.45. The van der Waals surface area contributed by atoms with Crippen LogP contribution in [0.4, 0.5) is 0 Å². The average Bonchev–Trinajstić information content (AvgIpc) is 3.25. The molecule has 0 spiro atoms. The van der Waals surface area contributed by atoms with Crippen molar-refractivity contribution in [2.45, 2.75) is 36.2 Å². The molecule has 2 aromatic carbocycles. The van der Waals surface area contributed by atoms with E-state index >= 15 is 0 Å². The molecule has 2 aliphatic rings. The number of nitrogens with one attached hydrogen (secondary N) is 2. The molecule has 6 nitrogen and oxygen atoms in total. The maximum atomic E-state index is 12.8. The summed E-state index contributed by atoms with van der Waals surface area (Å²) in [5.74, 6) is 1.33. The van der Waals surface area contributed by atoms with E-state index in [2.05, 4.69) is 23.0 Å². The SMILES string of the molecule is COc1cccc(C2CC(C3CCN(S(=O)(=O)c4ccccc4)CC3)NN2)c1. The average molecular weight is 402 g/mol.